The van der Waals surface area contributed by atoms with E-state index in [-0.39, 0.29) is 42.6 Å². The molecule has 1 saturated heterocycles. The van der Waals surface area contributed by atoms with Gasteiger partial charge in [-0.2, -0.15) is 4.98 Å². The maximum Gasteiger partial charge on any atom is 0.248 e. The van der Waals surface area contributed by atoms with E-state index in [4.69, 9.17) is 9.26 Å². The van der Waals surface area contributed by atoms with Crippen LogP contribution in [0.4, 0.5) is 4.39 Å². The Kier molecular flexibility index (Phi) is 5.55. The number of carbonyl (C=O) groups is 2. The molecule has 2 aliphatic rings. The first-order chi connectivity index (χ1) is 14.4. The summed E-state index contributed by atoms with van der Waals surface area (Å²) in [6.45, 7) is 2.77. The lowest BCUT2D eigenvalue weighted by molar-refractivity contribution is -0.134. The highest BCUT2D eigenvalue weighted by Crippen LogP contribution is 2.50. The number of hydrogen-bond acceptors (Lipinski definition) is 6. The van der Waals surface area contributed by atoms with E-state index >= 15 is 0 Å². The number of rotatable bonds is 6. The number of nitrogens with zero attached hydrogens (tertiary/aromatic N) is 3. The summed E-state index contributed by atoms with van der Waals surface area (Å²) in [4.78, 5) is 31.1. The first kappa shape index (κ1) is 20.5. The zero-order valence-corrected chi connectivity index (χ0v) is 17.1. The molecule has 1 aromatic carbocycles. The number of aromatic nitrogens is 2. The molecule has 8 nitrogen and oxygen atoms in total. The van der Waals surface area contributed by atoms with Crippen LogP contribution in [0.2, 0.25) is 0 Å². The van der Waals surface area contributed by atoms with Crippen molar-refractivity contribution >= 4 is 11.8 Å². The predicted octanol–water partition coefficient (Wildman–Crippen LogP) is 1.38. The molecule has 9 heteroatoms. The van der Waals surface area contributed by atoms with Crippen molar-refractivity contribution in [1.82, 2.24) is 20.4 Å². The van der Waals surface area contributed by atoms with Gasteiger partial charge in [-0.05, 0) is 37.3 Å². The van der Waals surface area contributed by atoms with Gasteiger partial charge in [-0.25, -0.2) is 4.39 Å². The van der Waals surface area contributed by atoms with Crippen LogP contribution < -0.4 is 5.32 Å². The quantitative estimate of drug-likeness (QED) is 0.764. The van der Waals surface area contributed by atoms with Gasteiger partial charge in [0.15, 0.2) is 5.82 Å². The number of aryl methyl sites for hydroxylation is 1. The van der Waals surface area contributed by atoms with Crippen LogP contribution >= 0.6 is 0 Å². The number of fused-ring (bicyclic) bond motifs is 1. The predicted molar refractivity (Wildman–Crippen MR) is 104 cm³/mol. The van der Waals surface area contributed by atoms with E-state index in [1.807, 2.05) is 0 Å². The van der Waals surface area contributed by atoms with Crippen molar-refractivity contribution in [2.45, 2.75) is 37.6 Å². The van der Waals surface area contributed by atoms with Crippen molar-refractivity contribution in [2.24, 2.45) is 5.92 Å². The Morgan fingerprint density at radius 3 is 2.90 bits per heavy atom. The molecule has 1 aliphatic carbocycles. The fourth-order valence-corrected chi connectivity index (χ4v) is 4.81. The first-order valence-corrected chi connectivity index (χ1v) is 10.0. The Hall–Kier alpha value is -2.81. The molecule has 3 atom stereocenters. The maximum atomic E-state index is 13.9. The molecule has 30 heavy (non-hydrogen) atoms. The van der Waals surface area contributed by atoms with Crippen molar-refractivity contribution in [3.05, 3.63) is 47.4 Å². The third kappa shape index (κ3) is 3.81. The molecule has 160 valence electrons. The molecule has 2 heterocycles. The summed E-state index contributed by atoms with van der Waals surface area (Å²) in [6, 6.07) is 6.16. The standard InChI is InChI=1S/C21H25FN4O4/c1-13-23-20(30-25-13)21-9-16(8-15(21)10-26(12-21)19(28)11-29-2)24-18(27)7-14-5-3-4-6-17(14)22/h3-6,15-16H,7-12H2,1-2H3,(H,24,27)/t15?,16-,21+/m1/s1. The van der Waals surface area contributed by atoms with Crippen molar-refractivity contribution in [3.63, 3.8) is 0 Å². The Morgan fingerprint density at radius 1 is 1.40 bits per heavy atom. The van der Waals surface area contributed by atoms with Crippen molar-refractivity contribution in [2.75, 3.05) is 26.8 Å². The second-order valence-corrected chi connectivity index (χ2v) is 8.18. The summed E-state index contributed by atoms with van der Waals surface area (Å²) < 4.78 is 24.4. The van der Waals surface area contributed by atoms with Crippen LogP contribution in [0.5, 0.6) is 0 Å². The summed E-state index contributed by atoms with van der Waals surface area (Å²) in [5.41, 5.74) is -0.132. The molecule has 1 N–H and O–H groups in total. The lowest BCUT2D eigenvalue weighted by Crippen LogP contribution is -2.40. The van der Waals surface area contributed by atoms with Gasteiger partial charge in [0.1, 0.15) is 12.4 Å². The minimum Gasteiger partial charge on any atom is -0.375 e. The highest BCUT2D eigenvalue weighted by atomic mass is 19.1. The summed E-state index contributed by atoms with van der Waals surface area (Å²) >= 11 is 0. The molecule has 2 aromatic rings. The normalized spacial score (nSPS) is 25.4. The van der Waals surface area contributed by atoms with Gasteiger partial charge >= 0.3 is 0 Å². The topological polar surface area (TPSA) is 97.6 Å². The van der Waals surface area contributed by atoms with Crippen LogP contribution in [0, 0.1) is 18.7 Å². The number of hydrogen-bond donors (Lipinski definition) is 1. The highest BCUT2D eigenvalue weighted by Gasteiger charge is 2.58. The van der Waals surface area contributed by atoms with E-state index in [1.165, 1.54) is 13.2 Å². The first-order valence-electron chi connectivity index (χ1n) is 10.0. The second kappa shape index (κ2) is 8.14. The number of likely N-dealkylation sites (tertiary alicyclic amines) is 1. The van der Waals surface area contributed by atoms with Gasteiger partial charge in [-0.1, -0.05) is 23.4 Å². The third-order valence-electron chi connectivity index (χ3n) is 6.12. The number of amides is 2. The molecule has 2 fully saturated rings. The van der Waals surface area contributed by atoms with Gasteiger partial charge in [0.2, 0.25) is 17.7 Å². The Labute approximate surface area is 173 Å². The fraction of sp³-hybridized carbons (Fsp3) is 0.524. The Balaban J connectivity index is 1.49. The van der Waals surface area contributed by atoms with Crippen LogP contribution in [0.15, 0.2) is 28.8 Å². The highest BCUT2D eigenvalue weighted by molar-refractivity contribution is 5.79. The number of nitrogens with one attached hydrogen (secondary N) is 1. The number of methoxy groups -OCH3 is 1. The van der Waals surface area contributed by atoms with Gasteiger partial charge in [0, 0.05) is 26.2 Å². The monoisotopic (exact) mass is 416 g/mol. The van der Waals surface area contributed by atoms with Gasteiger partial charge in [-0.3, -0.25) is 9.59 Å². The van der Waals surface area contributed by atoms with E-state index in [9.17, 15) is 14.0 Å². The number of benzene rings is 1. The molecule has 0 radical (unpaired) electrons. The average molecular weight is 416 g/mol. The minimum absolute atomic E-state index is 0.0149. The molecule has 1 unspecified atom stereocenters. The SMILES string of the molecule is COCC(=O)N1CC2C[C@@H](NC(=O)Cc3ccccc3F)C[C@]2(c2nc(C)no2)C1. The van der Waals surface area contributed by atoms with E-state index < -0.39 is 5.41 Å². The van der Waals surface area contributed by atoms with E-state index in [0.29, 0.717) is 43.2 Å². The van der Waals surface area contributed by atoms with Crippen LogP contribution in [0.3, 0.4) is 0 Å². The Bertz CT molecular complexity index is 949. The summed E-state index contributed by atoms with van der Waals surface area (Å²) in [5, 5.41) is 6.96. The number of halogens is 1. The molecule has 4 rings (SSSR count). The molecule has 0 spiro atoms. The fourth-order valence-electron chi connectivity index (χ4n) is 4.81. The van der Waals surface area contributed by atoms with E-state index in [2.05, 4.69) is 15.5 Å². The zero-order valence-electron chi connectivity index (χ0n) is 17.1. The number of ether oxygens (including phenoxy) is 1. The van der Waals surface area contributed by atoms with Gasteiger partial charge in [0.05, 0.1) is 11.8 Å². The maximum absolute atomic E-state index is 13.9. The van der Waals surface area contributed by atoms with Crippen LogP contribution in [0.25, 0.3) is 0 Å². The zero-order chi connectivity index (χ0) is 21.3. The van der Waals surface area contributed by atoms with Gasteiger partial charge in [0.25, 0.3) is 0 Å². The van der Waals surface area contributed by atoms with Crippen molar-refractivity contribution in [1.29, 1.82) is 0 Å². The third-order valence-corrected chi connectivity index (χ3v) is 6.12. The lowest BCUT2D eigenvalue weighted by Gasteiger charge is -2.25. The summed E-state index contributed by atoms with van der Waals surface area (Å²) in [5.74, 6) is 0.422. The summed E-state index contributed by atoms with van der Waals surface area (Å²) in [7, 11) is 1.49. The van der Waals surface area contributed by atoms with Crippen LogP contribution in [0.1, 0.15) is 30.1 Å². The average Bonchev–Trinajstić information content (AvgIpc) is 3.36. The van der Waals surface area contributed by atoms with Crippen LogP contribution in [-0.2, 0) is 26.2 Å². The van der Waals surface area contributed by atoms with Gasteiger partial charge < -0.3 is 19.5 Å². The largest absolute Gasteiger partial charge is 0.375 e. The van der Waals surface area contributed by atoms with Gasteiger partial charge in [-0.15, -0.1) is 0 Å². The Morgan fingerprint density at radius 2 is 2.20 bits per heavy atom. The smallest absolute Gasteiger partial charge is 0.248 e. The second-order valence-electron chi connectivity index (χ2n) is 8.18. The molecule has 2 amide bonds. The van der Waals surface area contributed by atoms with E-state index in [0.717, 1.165) is 0 Å². The van der Waals surface area contributed by atoms with Crippen molar-refractivity contribution < 1.29 is 23.2 Å². The van der Waals surface area contributed by atoms with Crippen molar-refractivity contribution in [3.8, 4) is 0 Å². The molecular formula is C21H25FN4O4. The molecule has 1 aliphatic heterocycles. The van der Waals surface area contributed by atoms with Crippen LogP contribution in [-0.4, -0.2) is 59.7 Å². The molecule has 1 aromatic heterocycles. The summed E-state index contributed by atoms with van der Waals surface area (Å²) in [6.07, 6.45) is 1.25. The van der Waals surface area contributed by atoms with E-state index in [1.54, 1.807) is 30.0 Å². The minimum atomic E-state index is -0.499. The molecule has 1 saturated carbocycles. The molecular weight excluding hydrogens is 391 g/mol. The number of carbonyl (C=O) groups excluding carboxylic acids is 2. The molecule has 0 bridgehead atoms. The lowest BCUT2D eigenvalue weighted by atomic mass is 9.80.